The van der Waals surface area contributed by atoms with E-state index in [2.05, 4.69) is 0 Å². The molecule has 0 spiro atoms. The van der Waals surface area contributed by atoms with Crippen LogP contribution in [0.2, 0.25) is 0 Å². The van der Waals surface area contributed by atoms with E-state index in [1.54, 1.807) is 17.0 Å². The summed E-state index contributed by atoms with van der Waals surface area (Å²) in [6.45, 7) is 1.08. The SMILES string of the molecule is O=C(c1cccc(F)c1)N(CCc1ccccc1)Cc1ccccc1. The van der Waals surface area contributed by atoms with Crippen LogP contribution >= 0.6 is 0 Å². The second kappa shape index (κ2) is 8.25. The normalized spacial score (nSPS) is 10.4. The van der Waals surface area contributed by atoms with Gasteiger partial charge in [-0.25, -0.2) is 4.39 Å². The second-order valence-electron chi connectivity index (χ2n) is 5.96. The van der Waals surface area contributed by atoms with Crippen LogP contribution in [-0.2, 0) is 13.0 Å². The predicted molar refractivity (Wildman–Crippen MR) is 97.7 cm³/mol. The van der Waals surface area contributed by atoms with Crippen LogP contribution in [-0.4, -0.2) is 17.4 Å². The number of rotatable bonds is 6. The Bertz CT molecular complexity index is 818. The van der Waals surface area contributed by atoms with E-state index in [9.17, 15) is 9.18 Å². The Kier molecular flexibility index (Phi) is 5.57. The summed E-state index contributed by atoms with van der Waals surface area (Å²) in [6.07, 6.45) is 0.759. The molecular weight excluding hydrogens is 313 g/mol. The molecule has 0 aliphatic carbocycles. The molecule has 0 atom stereocenters. The van der Waals surface area contributed by atoms with Gasteiger partial charge in [0.1, 0.15) is 5.82 Å². The number of carbonyl (C=O) groups excluding carboxylic acids is 1. The van der Waals surface area contributed by atoms with Crippen molar-refractivity contribution < 1.29 is 9.18 Å². The minimum atomic E-state index is -0.395. The Labute approximate surface area is 147 Å². The van der Waals surface area contributed by atoms with Crippen molar-refractivity contribution in [1.29, 1.82) is 0 Å². The summed E-state index contributed by atoms with van der Waals surface area (Å²) in [5, 5.41) is 0. The Morgan fingerprint density at radius 1 is 0.800 bits per heavy atom. The summed E-state index contributed by atoms with van der Waals surface area (Å²) in [4.78, 5) is 14.7. The molecule has 0 aliphatic heterocycles. The Morgan fingerprint density at radius 2 is 1.44 bits per heavy atom. The lowest BCUT2D eigenvalue weighted by Gasteiger charge is -2.23. The molecule has 0 unspecified atom stereocenters. The van der Waals surface area contributed by atoms with Crippen molar-refractivity contribution in [2.24, 2.45) is 0 Å². The molecule has 0 N–H and O–H groups in total. The summed E-state index contributed by atoms with van der Waals surface area (Å²) >= 11 is 0. The monoisotopic (exact) mass is 333 g/mol. The summed E-state index contributed by atoms with van der Waals surface area (Å²) in [7, 11) is 0. The first kappa shape index (κ1) is 16.9. The van der Waals surface area contributed by atoms with Gasteiger partial charge in [0, 0.05) is 18.7 Å². The zero-order valence-corrected chi connectivity index (χ0v) is 13.9. The van der Waals surface area contributed by atoms with Gasteiger partial charge in [0.2, 0.25) is 0 Å². The number of carbonyl (C=O) groups is 1. The second-order valence-corrected chi connectivity index (χ2v) is 5.96. The fraction of sp³-hybridized carbons (Fsp3) is 0.136. The smallest absolute Gasteiger partial charge is 0.254 e. The van der Waals surface area contributed by atoms with Crippen molar-refractivity contribution in [3.8, 4) is 0 Å². The van der Waals surface area contributed by atoms with E-state index in [1.807, 2.05) is 60.7 Å². The van der Waals surface area contributed by atoms with Gasteiger partial charge in [-0.3, -0.25) is 4.79 Å². The standard InChI is InChI=1S/C22H20FNO/c23-21-13-7-12-20(16-21)22(25)24(17-19-10-5-2-6-11-19)15-14-18-8-3-1-4-9-18/h1-13,16H,14-15,17H2. The maximum Gasteiger partial charge on any atom is 0.254 e. The fourth-order valence-corrected chi connectivity index (χ4v) is 2.77. The van der Waals surface area contributed by atoms with Gasteiger partial charge in [-0.15, -0.1) is 0 Å². The topological polar surface area (TPSA) is 20.3 Å². The molecule has 1 amide bonds. The van der Waals surface area contributed by atoms with Crippen molar-refractivity contribution in [3.05, 3.63) is 107 Å². The van der Waals surface area contributed by atoms with Gasteiger partial charge >= 0.3 is 0 Å². The van der Waals surface area contributed by atoms with Crippen molar-refractivity contribution >= 4 is 5.91 Å². The molecule has 2 nitrogen and oxygen atoms in total. The van der Waals surface area contributed by atoms with Crippen molar-refractivity contribution in [1.82, 2.24) is 4.90 Å². The zero-order chi connectivity index (χ0) is 17.5. The third-order valence-corrected chi connectivity index (χ3v) is 4.09. The molecule has 0 heterocycles. The maximum atomic E-state index is 13.5. The van der Waals surface area contributed by atoms with E-state index in [0.29, 0.717) is 18.7 Å². The van der Waals surface area contributed by atoms with Gasteiger partial charge in [0.05, 0.1) is 0 Å². The van der Waals surface area contributed by atoms with Crippen LogP contribution in [0.4, 0.5) is 4.39 Å². The summed E-state index contributed by atoms with van der Waals surface area (Å²) < 4.78 is 13.5. The predicted octanol–water partition coefficient (Wildman–Crippen LogP) is 4.71. The van der Waals surface area contributed by atoms with Gasteiger partial charge in [0.15, 0.2) is 0 Å². The fourth-order valence-electron chi connectivity index (χ4n) is 2.77. The Balaban J connectivity index is 1.79. The molecule has 0 radical (unpaired) electrons. The summed E-state index contributed by atoms with van der Waals surface area (Å²) in [5.74, 6) is -0.548. The quantitative estimate of drug-likeness (QED) is 0.640. The van der Waals surface area contributed by atoms with Crippen LogP contribution in [0, 0.1) is 5.82 Å². The number of halogens is 1. The lowest BCUT2D eigenvalue weighted by molar-refractivity contribution is 0.0744. The number of nitrogens with zero attached hydrogens (tertiary/aromatic N) is 1. The highest BCUT2D eigenvalue weighted by molar-refractivity contribution is 5.94. The molecule has 3 aromatic rings. The van der Waals surface area contributed by atoms with Gasteiger partial charge in [-0.2, -0.15) is 0 Å². The summed E-state index contributed by atoms with van der Waals surface area (Å²) in [5.41, 5.74) is 2.61. The largest absolute Gasteiger partial charge is 0.334 e. The van der Waals surface area contributed by atoms with E-state index < -0.39 is 5.82 Å². The molecule has 3 rings (SSSR count). The average molecular weight is 333 g/mol. The third kappa shape index (κ3) is 4.77. The van der Waals surface area contributed by atoms with Crippen molar-refractivity contribution in [2.75, 3.05) is 6.54 Å². The minimum absolute atomic E-state index is 0.153. The first-order valence-corrected chi connectivity index (χ1v) is 8.35. The minimum Gasteiger partial charge on any atom is -0.334 e. The molecule has 3 heteroatoms. The maximum absolute atomic E-state index is 13.5. The molecule has 0 fully saturated rings. The third-order valence-electron chi connectivity index (χ3n) is 4.09. The van der Waals surface area contributed by atoms with E-state index >= 15 is 0 Å². The van der Waals surface area contributed by atoms with Crippen LogP contribution in [0.5, 0.6) is 0 Å². The van der Waals surface area contributed by atoms with Crippen molar-refractivity contribution in [3.63, 3.8) is 0 Å². The van der Waals surface area contributed by atoms with E-state index in [-0.39, 0.29) is 5.91 Å². The molecule has 3 aromatic carbocycles. The van der Waals surface area contributed by atoms with Gasteiger partial charge in [-0.1, -0.05) is 66.7 Å². The highest BCUT2D eigenvalue weighted by atomic mass is 19.1. The van der Waals surface area contributed by atoms with Gasteiger partial charge in [0.25, 0.3) is 5.91 Å². The zero-order valence-electron chi connectivity index (χ0n) is 13.9. The number of hydrogen-bond donors (Lipinski definition) is 0. The van der Waals surface area contributed by atoms with Gasteiger partial charge < -0.3 is 4.90 Å². The molecule has 0 saturated heterocycles. The first-order chi connectivity index (χ1) is 12.2. The van der Waals surface area contributed by atoms with Gasteiger partial charge in [-0.05, 0) is 35.7 Å². The van der Waals surface area contributed by atoms with Crippen LogP contribution in [0.25, 0.3) is 0 Å². The Hall–Kier alpha value is -2.94. The van der Waals surface area contributed by atoms with E-state index in [1.165, 1.54) is 17.7 Å². The molecule has 0 aromatic heterocycles. The Morgan fingerprint density at radius 3 is 2.08 bits per heavy atom. The van der Waals surface area contributed by atoms with Crippen LogP contribution in [0.1, 0.15) is 21.5 Å². The average Bonchev–Trinajstić information content (AvgIpc) is 2.66. The lowest BCUT2D eigenvalue weighted by Crippen LogP contribution is -2.32. The molecular formula is C22H20FNO. The van der Waals surface area contributed by atoms with E-state index in [4.69, 9.17) is 0 Å². The molecule has 0 aliphatic rings. The molecule has 0 saturated carbocycles. The first-order valence-electron chi connectivity index (χ1n) is 8.35. The molecule has 25 heavy (non-hydrogen) atoms. The van der Waals surface area contributed by atoms with Crippen LogP contribution in [0.3, 0.4) is 0 Å². The number of amides is 1. The molecule has 0 bridgehead atoms. The highest BCUT2D eigenvalue weighted by Crippen LogP contribution is 2.13. The number of benzene rings is 3. The van der Waals surface area contributed by atoms with Crippen molar-refractivity contribution in [2.45, 2.75) is 13.0 Å². The number of hydrogen-bond acceptors (Lipinski definition) is 1. The van der Waals surface area contributed by atoms with Crippen LogP contribution < -0.4 is 0 Å². The van der Waals surface area contributed by atoms with E-state index in [0.717, 1.165) is 12.0 Å². The highest BCUT2D eigenvalue weighted by Gasteiger charge is 2.16. The molecule has 126 valence electrons. The summed E-state index contributed by atoms with van der Waals surface area (Å²) in [6, 6.07) is 25.8. The lowest BCUT2D eigenvalue weighted by atomic mass is 10.1. The van der Waals surface area contributed by atoms with Crippen LogP contribution in [0.15, 0.2) is 84.9 Å².